The molecule has 0 aromatic rings. The molecule has 6 nitrogen and oxygen atoms in total. The molecule has 4 aliphatic rings. The second-order valence-electron chi connectivity index (χ2n) is 15.1. The van der Waals surface area contributed by atoms with Crippen molar-refractivity contribution in [2.75, 3.05) is 27.2 Å². The van der Waals surface area contributed by atoms with E-state index in [4.69, 9.17) is 9.47 Å². The first-order chi connectivity index (χ1) is 20.3. The Balaban J connectivity index is 0.00000337. The van der Waals surface area contributed by atoms with Crippen LogP contribution in [0, 0.1) is 0 Å². The molecule has 258 valence electrons. The SMILES string of the molecule is CCCCC[N+]1(C)[C@@H]2CC[C@H]1CC(OC(=O)CCCCCCCCC(=O)OC1C[C@H]3CC[C@@H](C1)[N+]3(C)CCCCC)C2.[Br-].[Br-]. The van der Waals surface area contributed by atoms with Crippen LogP contribution < -0.4 is 34.0 Å². The predicted molar refractivity (Wildman–Crippen MR) is 170 cm³/mol. The summed E-state index contributed by atoms with van der Waals surface area (Å²) in [5.41, 5.74) is 0. The number of rotatable bonds is 19. The zero-order chi connectivity index (χ0) is 30.0. The number of piperidine rings is 2. The summed E-state index contributed by atoms with van der Waals surface area (Å²) in [4.78, 5) is 25.1. The van der Waals surface area contributed by atoms with Crippen LogP contribution in [0.3, 0.4) is 0 Å². The summed E-state index contributed by atoms with van der Waals surface area (Å²) in [5.74, 6) is 0.0286. The molecule has 0 aromatic carbocycles. The standard InChI is InChI=1S/C36H66N2O4.2BrH/c1-5-7-15-23-37(3)29-19-20-30(37)26-33(25-29)41-35(39)17-13-11-9-10-12-14-18-36(40)42-34-27-31-21-22-32(28-34)38(31,4)24-16-8-6-2;;/h29-34H,5-28H2,1-4H3;2*1H/q+2;;/p-2/t29-,30+,31-,32+,33?,34?,37?,38?;;. The van der Waals surface area contributed by atoms with E-state index in [0.29, 0.717) is 37.0 Å². The highest BCUT2D eigenvalue weighted by molar-refractivity contribution is 5.69. The first kappa shape index (κ1) is 40.0. The third kappa shape index (κ3) is 10.7. The van der Waals surface area contributed by atoms with Crippen LogP contribution in [0.4, 0.5) is 0 Å². The minimum absolute atomic E-state index is 0. The lowest BCUT2D eigenvalue weighted by Gasteiger charge is -2.47. The Labute approximate surface area is 291 Å². The Kier molecular flexibility index (Phi) is 17.8. The highest BCUT2D eigenvalue weighted by Crippen LogP contribution is 2.43. The maximum Gasteiger partial charge on any atom is 0.306 e. The molecule has 0 aromatic heterocycles. The second-order valence-corrected chi connectivity index (χ2v) is 15.1. The Hall–Kier alpha value is -0.180. The van der Waals surface area contributed by atoms with E-state index in [-0.39, 0.29) is 58.1 Å². The van der Waals surface area contributed by atoms with Gasteiger partial charge in [-0.2, -0.15) is 0 Å². The molecule has 4 unspecified atom stereocenters. The van der Waals surface area contributed by atoms with E-state index in [2.05, 4.69) is 27.9 Å². The van der Waals surface area contributed by atoms with E-state index in [0.717, 1.165) is 64.2 Å². The van der Waals surface area contributed by atoms with Crippen molar-refractivity contribution in [1.29, 1.82) is 0 Å². The summed E-state index contributed by atoms with van der Waals surface area (Å²) in [6, 6.07) is 2.74. The van der Waals surface area contributed by atoms with Crippen molar-refractivity contribution >= 4 is 11.9 Å². The number of hydrogen-bond donors (Lipinski definition) is 0. The first-order valence-corrected chi connectivity index (χ1v) is 18.4. The highest BCUT2D eigenvalue weighted by atomic mass is 79.9. The Morgan fingerprint density at radius 2 is 0.841 bits per heavy atom. The van der Waals surface area contributed by atoms with Gasteiger partial charge >= 0.3 is 11.9 Å². The van der Waals surface area contributed by atoms with Gasteiger partial charge in [-0.3, -0.25) is 9.59 Å². The van der Waals surface area contributed by atoms with Crippen LogP contribution in [-0.2, 0) is 19.1 Å². The number of ether oxygens (including phenoxy) is 2. The molecule has 4 fully saturated rings. The highest BCUT2D eigenvalue weighted by Gasteiger charge is 2.53. The molecule has 4 bridgehead atoms. The summed E-state index contributed by atoms with van der Waals surface area (Å²) >= 11 is 0. The average Bonchev–Trinajstić information content (AvgIpc) is 3.20. The summed E-state index contributed by atoms with van der Waals surface area (Å²) in [7, 11) is 4.92. The van der Waals surface area contributed by atoms with Gasteiger partial charge in [0.25, 0.3) is 0 Å². The van der Waals surface area contributed by atoms with Gasteiger partial charge in [0, 0.05) is 64.2 Å². The molecule has 0 N–H and O–H groups in total. The molecule has 8 heteroatoms. The number of carbonyl (C=O) groups is 2. The van der Waals surface area contributed by atoms with Crippen LogP contribution >= 0.6 is 0 Å². The fourth-order valence-electron chi connectivity index (χ4n) is 9.45. The van der Waals surface area contributed by atoms with Crippen molar-refractivity contribution in [1.82, 2.24) is 0 Å². The van der Waals surface area contributed by atoms with Crippen LogP contribution in [0.2, 0.25) is 0 Å². The average molecular weight is 751 g/mol. The smallest absolute Gasteiger partial charge is 0.306 e. The third-order valence-corrected chi connectivity index (χ3v) is 12.2. The molecule has 4 rings (SSSR count). The molecular formula is C36H66Br2N2O4. The number of esters is 2. The normalized spacial score (nSPS) is 33.7. The van der Waals surface area contributed by atoms with Gasteiger partial charge in [-0.25, -0.2) is 0 Å². The van der Waals surface area contributed by atoms with E-state index in [9.17, 15) is 9.59 Å². The van der Waals surface area contributed by atoms with Gasteiger partial charge in [0.1, 0.15) is 12.2 Å². The minimum Gasteiger partial charge on any atom is -1.00 e. The summed E-state index contributed by atoms with van der Waals surface area (Å²) in [6.45, 7) is 7.15. The topological polar surface area (TPSA) is 52.6 Å². The van der Waals surface area contributed by atoms with Crippen LogP contribution in [0.5, 0.6) is 0 Å². The first-order valence-electron chi connectivity index (χ1n) is 18.4. The molecule has 4 aliphatic heterocycles. The molecule has 0 saturated carbocycles. The van der Waals surface area contributed by atoms with Crippen molar-refractivity contribution in [3.63, 3.8) is 0 Å². The molecule has 0 radical (unpaired) electrons. The minimum atomic E-state index is 0. The van der Waals surface area contributed by atoms with Crippen molar-refractivity contribution in [3.8, 4) is 0 Å². The fourth-order valence-corrected chi connectivity index (χ4v) is 9.45. The van der Waals surface area contributed by atoms with Gasteiger partial charge in [-0.05, 0) is 38.5 Å². The van der Waals surface area contributed by atoms with E-state index in [1.807, 2.05) is 0 Å². The van der Waals surface area contributed by atoms with E-state index in [1.165, 1.54) is 86.3 Å². The second kappa shape index (κ2) is 19.6. The maximum absolute atomic E-state index is 12.6. The van der Waals surface area contributed by atoms with Gasteiger partial charge in [0.05, 0.1) is 51.4 Å². The number of nitrogens with zero attached hydrogens (tertiary/aromatic N) is 2. The van der Waals surface area contributed by atoms with Crippen molar-refractivity contribution in [3.05, 3.63) is 0 Å². The number of fused-ring (bicyclic) bond motifs is 4. The van der Waals surface area contributed by atoms with Gasteiger partial charge < -0.3 is 52.4 Å². The molecule has 4 heterocycles. The summed E-state index contributed by atoms with van der Waals surface area (Å²) in [6.07, 6.45) is 25.0. The molecule has 0 amide bonds. The Morgan fingerprint density at radius 1 is 0.523 bits per heavy atom. The fraction of sp³-hybridized carbons (Fsp3) is 0.944. The van der Waals surface area contributed by atoms with Gasteiger partial charge in [-0.1, -0.05) is 52.4 Å². The molecule has 0 aliphatic carbocycles. The van der Waals surface area contributed by atoms with Crippen molar-refractivity contribution in [2.24, 2.45) is 0 Å². The molecule has 0 spiro atoms. The van der Waals surface area contributed by atoms with Crippen LogP contribution in [0.25, 0.3) is 0 Å². The molecule has 8 atom stereocenters. The quantitative estimate of drug-likeness (QED) is 0.115. The lowest BCUT2D eigenvalue weighted by atomic mass is 9.96. The Morgan fingerprint density at radius 3 is 1.16 bits per heavy atom. The Bertz CT molecular complexity index is 762. The lowest BCUT2D eigenvalue weighted by Crippen LogP contribution is -3.00. The van der Waals surface area contributed by atoms with E-state index < -0.39 is 0 Å². The summed E-state index contributed by atoms with van der Waals surface area (Å²) < 4.78 is 14.4. The zero-order valence-corrected chi connectivity index (χ0v) is 31.9. The number of quaternary nitrogens is 2. The monoisotopic (exact) mass is 748 g/mol. The maximum atomic E-state index is 12.6. The predicted octanol–water partition coefficient (Wildman–Crippen LogP) is 1.86. The summed E-state index contributed by atoms with van der Waals surface area (Å²) in [5, 5.41) is 0. The van der Waals surface area contributed by atoms with Crippen LogP contribution in [0.1, 0.15) is 155 Å². The molecule has 44 heavy (non-hydrogen) atoms. The molecular weight excluding hydrogens is 684 g/mol. The number of unbranched alkanes of at least 4 members (excludes halogenated alkanes) is 9. The third-order valence-electron chi connectivity index (χ3n) is 12.2. The molecule has 4 saturated heterocycles. The largest absolute Gasteiger partial charge is 1.00 e. The van der Waals surface area contributed by atoms with Crippen molar-refractivity contribution in [2.45, 2.75) is 191 Å². The van der Waals surface area contributed by atoms with Gasteiger partial charge in [0.2, 0.25) is 0 Å². The number of halogens is 2. The van der Waals surface area contributed by atoms with Crippen LogP contribution in [-0.4, -0.2) is 84.5 Å². The number of hydrogen-bond acceptors (Lipinski definition) is 4. The van der Waals surface area contributed by atoms with Crippen molar-refractivity contribution < 1.29 is 62.0 Å². The van der Waals surface area contributed by atoms with E-state index >= 15 is 0 Å². The van der Waals surface area contributed by atoms with Crippen LogP contribution in [0.15, 0.2) is 0 Å². The van der Waals surface area contributed by atoms with Gasteiger partial charge in [0.15, 0.2) is 0 Å². The number of carbonyl (C=O) groups excluding carboxylic acids is 2. The van der Waals surface area contributed by atoms with E-state index in [1.54, 1.807) is 0 Å². The van der Waals surface area contributed by atoms with Gasteiger partial charge in [-0.15, -0.1) is 0 Å². The zero-order valence-electron chi connectivity index (χ0n) is 28.7. The lowest BCUT2D eigenvalue weighted by molar-refractivity contribution is -0.949.